The summed E-state index contributed by atoms with van der Waals surface area (Å²) in [6.45, 7) is 0.344. The molecule has 1 aromatic carbocycles. The van der Waals surface area contributed by atoms with Crippen LogP contribution in [-0.2, 0) is 20.6 Å². The van der Waals surface area contributed by atoms with Crippen molar-refractivity contribution in [3.63, 3.8) is 0 Å². The number of hydrogen-bond acceptors (Lipinski definition) is 4. The maximum Gasteiger partial charge on any atom is 0.311 e. The summed E-state index contributed by atoms with van der Waals surface area (Å²) >= 11 is 0. The molecule has 25 heavy (non-hydrogen) atoms. The van der Waals surface area contributed by atoms with Gasteiger partial charge in [0, 0.05) is 25.7 Å². The summed E-state index contributed by atoms with van der Waals surface area (Å²) < 4.78 is 26.8. The van der Waals surface area contributed by atoms with E-state index in [1.165, 1.54) is 11.4 Å². The maximum absolute atomic E-state index is 12.7. The summed E-state index contributed by atoms with van der Waals surface area (Å²) in [6.07, 6.45) is 2.14. The summed E-state index contributed by atoms with van der Waals surface area (Å²) in [5.74, 6) is -1.41. The van der Waals surface area contributed by atoms with Gasteiger partial charge in [-0.1, -0.05) is 18.6 Å². The Bertz CT molecular complexity index is 790. The first kappa shape index (κ1) is 17.9. The molecular formula is C17H22N2O5S. The van der Waals surface area contributed by atoms with Gasteiger partial charge in [0.25, 0.3) is 5.91 Å². The Hall–Kier alpha value is -1.93. The zero-order valence-corrected chi connectivity index (χ0v) is 14.9. The van der Waals surface area contributed by atoms with Crippen molar-refractivity contribution in [1.82, 2.24) is 9.62 Å². The van der Waals surface area contributed by atoms with E-state index in [1.807, 2.05) is 0 Å². The quantitative estimate of drug-likeness (QED) is 0.811. The molecule has 136 valence electrons. The number of fused-ring (bicyclic) bond motifs is 1. The van der Waals surface area contributed by atoms with Crippen LogP contribution in [0.2, 0.25) is 0 Å². The normalized spacial score (nSPS) is 26.4. The highest BCUT2D eigenvalue weighted by Gasteiger charge is 2.56. The smallest absolute Gasteiger partial charge is 0.311 e. The van der Waals surface area contributed by atoms with Gasteiger partial charge in [-0.05, 0) is 36.5 Å². The Balaban J connectivity index is 1.75. The molecule has 8 heteroatoms. The molecule has 0 radical (unpaired) electrons. The van der Waals surface area contributed by atoms with Gasteiger partial charge >= 0.3 is 5.97 Å². The predicted octanol–water partition coefficient (Wildman–Crippen LogP) is 1.06. The van der Waals surface area contributed by atoms with Gasteiger partial charge in [0.2, 0.25) is 10.0 Å². The van der Waals surface area contributed by atoms with E-state index in [0.717, 1.165) is 12.8 Å². The lowest BCUT2D eigenvalue weighted by Gasteiger charge is -2.23. The summed E-state index contributed by atoms with van der Waals surface area (Å²) in [5, 5.41) is 12.1. The molecule has 0 bridgehead atoms. The zero-order chi connectivity index (χ0) is 18.2. The first-order valence-corrected chi connectivity index (χ1v) is 9.92. The van der Waals surface area contributed by atoms with Crippen LogP contribution in [0, 0.1) is 11.3 Å². The van der Waals surface area contributed by atoms with Gasteiger partial charge < -0.3 is 10.4 Å². The molecule has 1 heterocycles. The van der Waals surface area contributed by atoms with E-state index in [2.05, 4.69) is 5.32 Å². The number of rotatable bonds is 5. The molecule has 1 aliphatic heterocycles. The second kappa shape index (κ2) is 6.42. The third-order valence-corrected chi connectivity index (χ3v) is 7.21. The van der Waals surface area contributed by atoms with Gasteiger partial charge in [-0.15, -0.1) is 0 Å². The van der Waals surface area contributed by atoms with Crippen LogP contribution in [0.4, 0.5) is 0 Å². The van der Waals surface area contributed by atoms with E-state index < -0.39 is 21.4 Å². The molecule has 1 aromatic rings. The molecule has 2 N–H and O–H groups in total. The van der Waals surface area contributed by atoms with E-state index in [9.17, 15) is 23.1 Å². The summed E-state index contributed by atoms with van der Waals surface area (Å²) in [4.78, 5) is 23.2. The Kier molecular flexibility index (Phi) is 4.59. The van der Waals surface area contributed by atoms with Gasteiger partial charge in [0.05, 0.1) is 11.2 Å². The van der Waals surface area contributed by atoms with Crippen LogP contribution in [0.1, 0.15) is 35.2 Å². The Morgan fingerprint density at radius 2 is 2.00 bits per heavy atom. The van der Waals surface area contributed by atoms with E-state index in [0.29, 0.717) is 17.5 Å². The van der Waals surface area contributed by atoms with Crippen molar-refractivity contribution in [3.8, 4) is 0 Å². The molecular weight excluding hydrogens is 344 g/mol. The number of sulfonamides is 1. The molecule has 3 rings (SSSR count). The number of hydrogen-bond donors (Lipinski definition) is 2. The summed E-state index contributed by atoms with van der Waals surface area (Å²) in [6, 6.07) is 6.40. The van der Waals surface area contributed by atoms with Crippen LogP contribution in [0.3, 0.4) is 0 Å². The fourth-order valence-electron chi connectivity index (χ4n) is 4.00. The number of benzene rings is 1. The highest BCUT2D eigenvalue weighted by atomic mass is 32.2. The fraction of sp³-hybridized carbons (Fsp3) is 0.529. The number of carbonyl (C=O) groups excluding carboxylic acids is 1. The van der Waals surface area contributed by atoms with Crippen LogP contribution in [-0.4, -0.2) is 49.8 Å². The lowest BCUT2D eigenvalue weighted by atomic mass is 9.81. The van der Waals surface area contributed by atoms with Gasteiger partial charge in [0.15, 0.2) is 0 Å². The van der Waals surface area contributed by atoms with Gasteiger partial charge in [0.1, 0.15) is 0 Å². The molecule has 7 nitrogen and oxygen atoms in total. The Morgan fingerprint density at radius 1 is 1.32 bits per heavy atom. The topological polar surface area (TPSA) is 104 Å². The van der Waals surface area contributed by atoms with Crippen molar-refractivity contribution < 1.29 is 23.1 Å². The van der Waals surface area contributed by atoms with E-state index >= 15 is 0 Å². The monoisotopic (exact) mass is 366 g/mol. The van der Waals surface area contributed by atoms with Gasteiger partial charge in [-0.3, -0.25) is 9.59 Å². The maximum atomic E-state index is 12.7. The Morgan fingerprint density at radius 3 is 2.56 bits per heavy atom. The number of nitrogens with zero attached hydrogens (tertiary/aromatic N) is 1. The average molecular weight is 366 g/mol. The predicted molar refractivity (Wildman–Crippen MR) is 91.4 cm³/mol. The average Bonchev–Trinajstić information content (AvgIpc) is 3.13. The number of carboxylic acids is 1. The first-order valence-electron chi connectivity index (χ1n) is 8.31. The molecule has 0 unspecified atom stereocenters. The second-order valence-electron chi connectivity index (χ2n) is 6.88. The molecule has 0 aromatic heterocycles. The number of carboxylic acid groups (broad SMARTS) is 1. The second-order valence-corrected chi connectivity index (χ2v) is 8.84. The highest BCUT2D eigenvalue weighted by molar-refractivity contribution is 7.88. The van der Waals surface area contributed by atoms with Gasteiger partial charge in [-0.25, -0.2) is 12.7 Å². The molecule has 0 spiro atoms. The number of amides is 1. The van der Waals surface area contributed by atoms with Crippen LogP contribution in [0.15, 0.2) is 24.3 Å². The van der Waals surface area contributed by atoms with E-state index in [4.69, 9.17) is 0 Å². The van der Waals surface area contributed by atoms with Crippen LogP contribution < -0.4 is 5.32 Å². The van der Waals surface area contributed by atoms with Crippen LogP contribution >= 0.6 is 0 Å². The minimum Gasteiger partial charge on any atom is -0.481 e. The third kappa shape index (κ3) is 3.16. The molecule has 2 atom stereocenters. The lowest BCUT2D eigenvalue weighted by molar-refractivity contribution is -0.149. The number of carbonyl (C=O) groups is 2. The summed E-state index contributed by atoms with van der Waals surface area (Å²) in [5.41, 5.74) is 0.120. The van der Waals surface area contributed by atoms with Gasteiger partial charge in [-0.2, -0.15) is 0 Å². The van der Waals surface area contributed by atoms with Crippen molar-refractivity contribution >= 4 is 21.9 Å². The fourth-order valence-corrected chi connectivity index (χ4v) is 5.63. The van der Waals surface area contributed by atoms with Crippen molar-refractivity contribution in [1.29, 1.82) is 0 Å². The van der Waals surface area contributed by atoms with E-state index in [-0.39, 0.29) is 30.7 Å². The lowest BCUT2D eigenvalue weighted by Crippen LogP contribution is -2.37. The highest BCUT2D eigenvalue weighted by Crippen LogP contribution is 2.49. The first-order chi connectivity index (χ1) is 11.8. The third-order valence-electron chi connectivity index (χ3n) is 5.45. The molecule has 2 aliphatic rings. The minimum absolute atomic E-state index is 0.0612. The van der Waals surface area contributed by atoms with Crippen molar-refractivity contribution in [3.05, 3.63) is 35.4 Å². The zero-order valence-electron chi connectivity index (χ0n) is 14.1. The van der Waals surface area contributed by atoms with Crippen LogP contribution in [0.5, 0.6) is 0 Å². The molecule has 1 aliphatic carbocycles. The van der Waals surface area contributed by atoms with Crippen molar-refractivity contribution in [2.24, 2.45) is 11.3 Å². The van der Waals surface area contributed by atoms with E-state index in [1.54, 1.807) is 24.3 Å². The Labute approximate surface area is 147 Å². The molecule has 2 fully saturated rings. The van der Waals surface area contributed by atoms with Crippen molar-refractivity contribution in [2.75, 3.05) is 20.1 Å². The standard InChI is InChI=1S/C17H22N2O5S/c1-18-15(20)13-6-4-12(5-7-13)10-25(23,24)19-9-14-3-2-8-17(14,11-19)16(21)22/h4-7,14H,2-3,8-11H2,1H3,(H,18,20)(H,21,22)/t14-,17+/m0/s1. The number of aliphatic carboxylic acids is 1. The van der Waals surface area contributed by atoms with Crippen molar-refractivity contribution in [2.45, 2.75) is 25.0 Å². The number of nitrogens with one attached hydrogen (secondary N) is 1. The largest absolute Gasteiger partial charge is 0.481 e. The summed E-state index contributed by atoms with van der Waals surface area (Å²) in [7, 11) is -2.06. The van der Waals surface area contributed by atoms with Crippen LogP contribution in [0.25, 0.3) is 0 Å². The molecule has 1 saturated carbocycles. The SMILES string of the molecule is CNC(=O)c1ccc(CS(=O)(=O)N2C[C@@H]3CCC[C@@]3(C(=O)O)C2)cc1. The molecule has 1 amide bonds. The minimum atomic E-state index is -3.60. The molecule has 1 saturated heterocycles.